The van der Waals surface area contributed by atoms with Crippen molar-refractivity contribution < 1.29 is 13.9 Å². The number of fused-ring (bicyclic) bond motifs is 1. The number of rotatable bonds is 9. The molecular weight excluding hydrogens is 465 g/mol. The molecule has 1 fully saturated rings. The minimum Gasteiger partial charge on any atom is -0.379 e. The fraction of sp³-hybridized carbons (Fsp3) is 0.323. The Morgan fingerprint density at radius 1 is 0.973 bits per heavy atom. The third-order valence-electron chi connectivity index (χ3n) is 7.19. The number of hydrogen-bond acceptors (Lipinski definition) is 3. The highest BCUT2D eigenvalue weighted by molar-refractivity contribution is 5.86. The Balaban J connectivity index is 1.42. The number of hydrogen-bond donors (Lipinski definition) is 1. The van der Waals surface area contributed by atoms with Crippen molar-refractivity contribution in [1.29, 1.82) is 0 Å². The second-order valence-electron chi connectivity index (χ2n) is 9.80. The molecule has 0 spiro atoms. The Bertz CT molecular complexity index is 1340. The highest BCUT2D eigenvalue weighted by atomic mass is 19.1. The molecule has 1 amide bonds. The van der Waals surface area contributed by atoms with Crippen LogP contribution >= 0.6 is 0 Å². The molecule has 192 valence electrons. The summed E-state index contributed by atoms with van der Waals surface area (Å²) in [6.45, 7) is 7.37. The van der Waals surface area contributed by atoms with Gasteiger partial charge in [0.15, 0.2) is 0 Å². The molecule has 0 bridgehead atoms. The normalized spacial score (nSPS) is 15.1. The van der Waals surface area contributed by atoms with Gasteiger partial charge in [-0.25, -0.2) is 4.39 Å². The topological polar surface area (TPSA) is 46.5 Å². The second-order valence-corrected chi connectivity index (χ2v) is 9.80. The van der Waals surface area contributed by atoms with E-state index in [9.17, 15) is 4.79 Å². The van der Waals surface area contributed by atoms with Gasteiger partial charge in [0.05, 0.1) is 13.2 Å². The van der Waals surface area contributed by atoms with Gasteiger partial charge in [0.2, 0.25) is 5.91 Å². The molecular formula is C31H34FN3O2. The van der Waals surface area contributed by atoms with E-state index in [0.717, 1.165) is 49.3 Å². The number of morpholine rings is 1. The van der Waals surface area contributed by atoms with Crippen LogP contribution in [0.5, 0.6) is 0 Å². The summed E-state index contributed by atoms with van der Waals surface area (Å²) in [5.74, 6) is -0.755. The van der Waals surface area contributed by atoms with Crippen molar-refractivity contribution in [3.05, 3.63) is 107 Å². The van der Waals surface area contributed by atoms with Crippen molar-refractivity contribution in [2.45, 2.75) is 25.8 Å². The quantitative estimate of drug-likeness (QED) is 0.348. The van der Waals surface area contributed by atoms with Crippen LogP contribution in [0.2, 0.25) is 0 Å². The van der Waals surface area contributed by atoms with Gasteiger partial charge >= 0.3 is 0 Å². The van der Waals surface area contributed by atoms with Gasteiger partial charge in [-0.1, -0.05) is 66.2 Å². The first-order valence-electron chi connectivity index (χ1n) is 13.0. The van der Waals surface area contributed by atoms with Gasteiger partial charge in [-0.05, 0) is 35.7 Å². The molecule has 6 heteroatoms. The summed E-state index contributed by atoms with van der Waals surface area (Å²) >= 11 is 0. The standard InChI is InChI=1S/C31H34FN3O2/c1-23-10-12-24(13-11-23)21-35-22-28(26-7-3-5-9-30(26)35)27(25-6-2-4-8-29(25)32)20-31(36)33-14-15-34-16-18-37-19-17-34/h2-13,22,27H,14-21H2,1H3,(H,33,36)/t27-/m1/s1. The maximum Gasteiger partial charge on any atom is 0.220 e. The summed E-state index contributed by atoms with van der Waals surface area (Å²) in [6, 6.07) is 23.5. The summed E-state index contributed by atoms with van der Waals surface area (Å²) < 4.78 is 22.7. The van der Waals surface area contributed by atoms with Crippen LogP contribution in [0.4, 0.5) is 4.39 Å². The third kappa shape index (κ3) is 6.09. The van der Waals surface area contributed by atoms with E-state index in [1.165, 1.54) is 17.2 Å². The molecule has 1 N–H and O–H groups in total. The van der Waals surface area contributed by atoms with Crippen molar-refractivity contribution in [3.8, 4) is 0 Å². The molecule has 5 nitrogen and oxygen atoms in total. The minimum atomic E-state index is -0.395. The van der Waals surface area contributed by atoms with Crippen molar-refractivity contribution in [2.75, 3.05) is 39.4 Å². The van der Waals surface area contributed by atoms with Crippen LogP contribution in [0.25, 0.3) is 10.9 Å². The van der Waals surface area contributed by atoms with Crippen LogP contribution in [-0.4, -0.2) is 54.8 Å². The number of aryl methyl sites for hydroxylation is 1. The maximum absolute atomic E-state index is 15.1. The first-order valence-corrected chi connectivity index (χ1v) is 13.0. The fourth-order valence-electron chi connectivity index (χ4n) is 5.15. The molecule has 1 atom stereocenters. The second kappa shape index (κ2) is 11.7. The molecule has 1 aliphatic heterocycles. The Kier molecular flexibility index (Phi) is 7.97. The molecule has 0 unspecified atom stereocenters. The minimum absolute atomic E-state index is 0.0723. The van der Waals surface area contributed by atoms with Gasteiger partial charge in [-0.2, -0.15) is 0 Å². The van der Waals surface area contributed by atoms with E-state index in [-0.39, 0.29) is 18.1 Å². The van der Waals surface area contributed by atoms with Gasteiger partial charge in [-0.3, -0.25) is 9.69 Å². The molecule has 0 saturated carbocycles. The Labute approximate surface area is 217 Å². The number of para-hydroxylation sites is 1. The average molecular weight is 500 g/mol. The van der Waals surface area contributed by atoms with Crippen LogP contribution in [0.3, 0.4) is 0 Å². The zero-order valence-corrected chi connectivity index (χ0v) is 21.3. The van der Waals surface area contributed by atoms with Crippen molar-refractivity contribution in [2.24, 2.45) is 0 Å². The molecule has 5 rings (SSSR count). The molecule has 4 aromatic rings. The summed E-state index contributed by atoms with van der Waals surface area (Å²) in [6.07, 6.45) is 2.28. The van der Waals surface area contributed by atoms with Crippen LogP contribution < -0.4 is 5.32 Å². The number of benzene rings is 3. The Morgan fingerprint density at radius 3 is 2.49 bits per heavy atom. The summed E-state index contributed by atoms with van der Waals surface area (Å²) in [5, 5.41) is 4.11. The highest BCUT2D eigenvalue weighted by Crippen LogP contribution is 2.36. The van der Waals surface area contributed by atoms with Crippen molar-refractivity contribution in [3.63, 3.8) is 0 Å². The van der Waals surface area contributed by atoms with E-state index < -0.39 is 5.92 Å². The summed E-state index contributed by atoms with van der Waals surface area (Å²) in [4.78, 5) is 15.4. The lowest BCUT2D eigenvalue weighted by Gasteiger charge is -2.26. The lowest BCUT2D eigenvalue weighted by molar-refractivity contribution is -0.121. The van der Waals surface area contributed by atoms with Crippen LogP contribution in [0.1, 0.15) is 34.6 Å². The SMILES string of the molecule is Cc1ccc(Cn2cc([C@H](CC(=O)NCCN3CCOCC3)c3ccccc3F)c3ccccc32)cc1. The zero-order chi connectivity index (χ0) is 25.6. The van der Waals surface area contributed by atoms with E-state index in [1.807, 2.05) is 18.2 Å². The monoisotopic (exact) mass is 499 g/mol. The predicted molar refractivity (Wildman–Crippen MR) is 145 cm³/mol. The molecule has 3 aromatic carbocycles. The number of halogens is 1. The summed E-state index contributed by atoms with van der Waals surface area (Å²) in [7, 11) is 0. The van der Waals surface area contributed by atoms with E-state index in [4.69, 9.17) is 4.74 Å². The fourth-order valence-corrected chi connectivity index (χ4v) is 5.15. The van der Waals surface area contributed by atoms with E-state index >= 15 is 4.39 Å². The first kappa shape index (κ1) is 25.2. The Hall–Kier alpha value is -3.48. The largest absolute Gasteiger partial charge is 0.379 e. The molecule has 1 saturated heterocycles. The number of nitrogens with zero attached hydrogens (tertiary/aromatic N) is 2. The Morgan fingerprint density at radius 2 is 1.70 bits per heavy atom. The predicted octanol–water partition coefficient (Wildman–Crippen LogP) is 5.11. The van der Waals surface area contributed by atoms with Gasteiger partial charge < -0.3 is 14.6 Å². The number of aromatic nitrogens is 1. The number of ether oxygens (including phenoxy) is 1. The van der Waals surface area contributed by atoms with E-state index in [1.54, 1.807) is 12.1 Å². The molecule has 2 heterocycles. The lowest BCUT2D eigenvalue weighted by atomic mass is 9.87. The van der Waals surface area contributed by atoms with Crippen LogP contribution in [0, 0.1) is 12.7 Å². The average Bonchev–Trinajstić information content (AvgIpc) is 3.28. The van der Waals surface area contributed by atoms with Gasteiger partial charge in [0.1, 0.15) is 5.82 Å². The van der Waals surface area contributed by atoms with Crippen molar-refractivity contribution in [1.82, 2.24) is 14.8 Å². The molecule has 1 aromatic heterocycles. The summed E-state index contributed by atoms with van der Waals surface area (Å²) in [5.41, 5.74) is 5.01. The van der Waals surface area contributed by atoms with E-state index in [0.29, 0.717) is 18.7 Å². The first-order chi connectivity index (χ1) is 18.1. The maximum atomic E-state index is 15.1. The lowest BCUT2D eigenvalue weighted by Crippen LogP contribution is -2.41. The molecule has 0 aliphatic carbocycles. The zero-order valence-electron chi connectivity index (χ0n) is 21.3. The number of carbonyl (C=O) groups is 1. The van der Waals surface area contributed by atoms with Gasteiger partial charge in [0.25, 0.3) is 0 Å². The smallest absolute Gasteiger partial charge is 0.220 e. The van der Waals surface area contributed by atoms with Gasteiger partial charge in [-0.15, -0.1) is 0 Å². The number of carbonyl (C=O) groups excluding carboxylic acids is 1. The number of amides is 1. The van der Waals surface area contributed by atoms with E-state index in [2.05, 4.69) is 64.3 Å². The van der Waals surface area contributed by atoms with Gasteiger partial charge in [0, 0.05) is 62.2 Å². The molecule has 1 aliphatic rings. The van der Waals surface area contributed by atoms with Crippen LogP contribution in [0.15, 0.2) is 79.0 Å². The third-order valence-corrected chi connectivity index (χ3v) is 7.19. The van der Waals surface area contributed by atoms with Crippen molar-refractivity contribution >= 4 is 16.8 Å². The van der Waals surface area contributed by atoms with Crippen LogP contribution in [-0.2, 0) is 16.1 Å². The highest BCUT2D eigenvalue weighted by Gasteiger charge is 2.25. The number of nitrogens with one attached hydrogen (secondary N) is 1. The molecule has 37 heavy (non-hydrogen) atoms. The molecule has 0 radical (unpaired) electrons.